The van der Waals surface area contributed by atoms with Gasteiger partial charge in [0.2, 0.25) is 5.76 Å². The molecule has 1 unspecified atom stereocenters. The summed E-state index contributed by atoms with van der Waals surface area (Å²) in [5, 5.41) is 16.4. The van der Waals surface area contributed by atoms with Gasteiger partial charge in [-0.3, -0.25) is 4.79 Å². The van der Waals surface area contributed by atoms with Crippen molar-refractivity contribution in [1.82, 2.24) is 10.5 Å². The highest BCUT2D eigenvalue weighted by Gasteiger charge is 2.42. The van der Waals surface area contributed by atoms with Crippen LogP contribution in [-0.4, -0.2) is 28.3 Å². The number of rotatable bonds is 7. The molecule has 1 amide bonds. The van der Waals surface area contributed by atoms with Crippen molar-refractivity contribution in [1.29, 1.82) is 0 Å². The van der Waals surface area contributed by atoms with Crippen molar-refractivity contribution < 1.29 is 14.4 Å². The third-order valence-corrected chi connectivity index (χ3v) is 4.36. The van der Waals surface area contributed by atoms with Gasteiger partial charge in [0.15, 0.2) is 0 Å². The van der Waals surface area contributed by atoms with Gasteiger partial charge < -0.3 is 14.9 Å². The van der Waals surface area contributed by atoms with Crippen LogP contribution in [0.4, 0.5) is 0 Å². The number of aliphatic hydroxyl groups is 1. The van der Waals surface area contributed by atoms with E-state index < -0.39 is 5.54 Å². The molecule has 1 aliphatic carbocycles. The average molecular weight is 280 g/mol. The van der Waals surface area contributed by atoms with Gasteiger partial charge in [0.1, 0.15) is 0 Å². The smallest absolute Gasteiger partial charge is 0.290 e. The standard InChI is InChI=1S/C15H24N2O3/c1-4-10(5-2)12-8-13(20-17-12)14(19)16-15(3,9-18)11-6-7-11/h8,10-11,18H,4-7,9H2,1-3H3,(H,16,19). The second-order valence-corrected chi connectivity index (χ2v) is 5.93. The van der Waals surface area contributed by atoms with Crippen molar-refractivity contribution >= 4 is 5.91 Å². The summed E-state index contributed by atoms with van der Waals surface area (Å²) in [5.41, 5.74) is 0.274. The van der Waals surface area contributed by atoms with Gasteiger partial charge in [-0.15, -0.1) is 0 Å². The lowest BCUT2D eigenvalue weighted by Crippen LogP contribution is -2.50. The van der Waals surface area contributed by atoms with Crippen LogP contribution in [0, 0.1) is 5.92 Å². The molecule has 1 aliphatic rings. The number of carbonyl (C=O) groups excluding carboxylic acids is 1. The second kappa shape index (κ2) is 5.95. The molecule has 1 heterocycles. The van der Waals surface area contributed by atoms with Crippen LogP contribution in [0.3, 0.4) is 0 Å². The van der Waals surface area contributed by atoms with Crippen molar-refractivity contribution in [3.63, 3.8) is 0 Å². The molecule has 5 nitrogen and oxygen atoms in total. The molecule has 0 spiro atoms. The zero-order valence-corrected chi connectivity index (χ0v) is 12.5. The topological polar surface area (TPSA) is 75.4 Å². The van der Waals surface area contributed by atoms with Gasteiger partial charge in [-0.1, -0.05) is 19.0 Å². The summed E-state index contributed by atoms with van der Waals surface area (Å²) < 4.78 is 5.16. The fraction of sp³-hybridized carbons (Fsp3) is 0.733. The Morgan fingerprint density at radius 3 is 2.70 bits per heavy atom. The highest BCUT2D eigenvalue weighted by atomic mass is 16.5. The lowest BCUT2D eigenvalue weighted by Gasteiger charge is -2.28. The summed E-state index contributed by atoms with van der Waals surface area (Å²) in [6, 6.07) is 1.72. The van der Waals surface area contributed by atoms with Crippen LogP contribution in [-0.2, 0) is 0 Å². The fourth-order valence-corrected chi connectivity index (χ4v) is 2.61. The number of hydrogen-bond acceptors (Lipinski definition) is 4. The van der Waals surface area contributed by atoms with E-state index in [1.165, 1.54) is 0 Å². The predicted molar refractivity (Wildman–Crippen MR) is 75.5 cm³/mol. The first-order chi connectivity index (χ1) is 9.54. The summed E-state index contributed by atoms with van der Waals surface area (Å²) in [6.07, 6.45) is 4.04. The van der Waals surface area contributed by atoms with Gasteiger partial charge in [0.25, 0.3) is 5.91 Å². The molecular formula is C15H24N2O3. The quantitative estimate of drug-likeness (QED) is 0.804. The third-order valence-electron chi connectivity index (χ3n) is 4.36. The predicted octanol–water partition coefficient (Wildman–Crippen LogP) is 2.47. The van der Waals surface area contributed by atoms with Crippen molar-refractivity contribution in [2.75, 3.05) is 6.61 Å². The molecule has 0 aromatic carbocycles. The molecule has 2 N–H and O–H groups in total. The van der Waals surface area contributed by atoms with Crippen LogP contribution in [0.25, 0.3) is 0 Å². The Hall–Kier alpha value is -1.36. The number of carbonyl (C=O) groups is 1. The lowest BCUT2D eigenvalue weighted by atomic mass is 9.96. The van der Waals surface area contributed by atoms with Gasteiger partial charge >= 0.3 is 0 Å². The summed E-state index contributed by atoms with van der Waals surface area (Å²) in [5.74, 6) is 0.621. The first-order valence-electron chi connectivity index (χ1n) is 7.44. The van der Waals surface area contributed by atoms with Gasteiger partial charge in [-0.05, 0) is 38.5 Å². The molecule has 5 heteroatoms. The molecule has 1 aromatic rings. The van der Waals surface area contributed by atoms with Crippen molar-refractivity contribution in [2.45, 2.75) is 57.9 Å². The number of aromatic nitrogens is 1. The molecule has 0 radical (unpaired) electrons. The van der Waals surface area contributed by atoms with E-state index in [4.69, 9.17) is 4.52 Å². The minimum Gasteiger partial charge on any atom is -0.394 e. The Bertz CT molecular complexity index is 463. The number of hydrogen-bond donors (Lipinski definition) is 2. The Labute approximate surface area is 119 Å². The Morgan fingerprint density at radius 2 is 2.20 bits per heavy atom. The van der Waals surface area contributed by atoms with E-state index in [2.05, 4.69) is 24.3 Å². The van der Waals surface area contributed by atoms with Gasteiger partial charge in [-0.25, -0.2) is 0 Å². The Balaban J connectivity index is 2.06. The maximum absolute atomic E-state index is 12.2. The fourth-order valence-electron chi connectivity index (χ4n) is 2.61. The van der Waals surface area contributed by atoms with Crippen LogP contribution in [0.1, 0.15) is 68.6 Å². The van der Waals surface area contributed by atoms with Crippen molar-refractivity contribution in [3.8, 4) is 0 Å². The third kappa shape index (κ3) is 3.03. The molecule has 1 fully saturated rings. The van der Waals surface area contributed by atoms with Crippen molar-refractivity contribution in [3.05, 3.63) is 17.5 Å². The summed E-state index contributed by atoms with van der Waals surface area (Å²) in [7, 11) is 0. The molecule has 20 heavy (non-hydrogen) atoms. The molecule has 0 saturated heterocycles. The average Bonchev–Trinajstić information content (AvgIpc) is 3.20. The number of amides is 1. The maximum atomic E-state index is 12.2. The summed E-state index contributed by atoms with van der Waals surface area (Å²) in [6.45, 7) is 6.01. The van der Waals surface area contributed by atoms with Crippen LogP contribution in [0.2, 0.25) is 0 Å². The lowest BCUT2D eigenvalue weighted by molar-refractivity contribution is 0.0788. The van der Waals surface area contributed by atoms with E-state index in [1.807, 2.05) is 6.92 Å². The molecular weight excluding hydrogens is 256 g/mol. The van der Waals surface area contributed by atoms with Crippen LogP contribution >= 0.6 is 0 Å². The van der Waals surface area contributed by atoms with Crippen LogP contribution in [0.15, 0.2) is 10.6 Å². The minimum absolute atomic E-state index is 0.0586. The molecule has 0 bridgehead atoms. The molecule has 1 aromatic heterocycles. The molecule has 112 valence electrons. The van der Waals surface area contributed by atoms with E-state index in [9.17, 15) is 9.90 Å². The Kier molecular flexibility index (Phi) is 4.48. The SMILES string of the molecule is CCC(CC)c1cc(C(=O)NC(C)(CO)C2CC2)on1. The van der Waals surface area contributed by atoms with E-state index in [1.54, 1.807) is 6.07 Å². The van der Waals surface area contributed by atoms with Gasteiger partial charge in [-0.2, -0.15) is 0 Å². The van der Waals surface area contributed by atoms with Crippen molar-refractivity contribution in [2.24, 2.45) is 5.92 Å². The van der Waals surface area contributed by atoms with Gasteiger partial charge in [0.05, 0.1) is 17.8 Å². The van der Waals surface area contributed by atoms with Gasteiger partial charge in [0, 0.05) is 12.0 Å². The second-order valence-electron chi connectivity index (χ2n) is 5.93. The Morgan fingerprint density at radius 1 is 1.55 bits per heavy atom. The molecule has 1 saturated carbocycles. The van der Waals surface area contributed by atoms with Crippen LogP contribution in [0.5, 0.6) is 0 Å². The minimum atomic E-state index is -0.557. The molecule has 1 atom stereocenters. The number of aliphatic hydroxyl groups excluding tert-OH is 1. The van der Waals surface area contributed by atoms with E-state index >= 15 is 0 Å². The van der Waals surface area contributed by atoms with E-state index in [0.29, 0.717) is 11.8 Å². The number of nitrogens with zero attached hydrogens (tertiary/aromatic N) is 1. The normalized spacial score (nSPS) is 18.1. The summed E-state index contributed by atoms with van der Waals surface area (Å²) in [4.78, 5) is 12.2. The number of nitrogens with one attached hydrogen (secondary N) is 1. The van der Waals surface area contributed by atoms with E-state index in [0.717, 1.165) is 31.4 Å². The van der Waals surface area contributed by atoms with Crippen LogP contribution < -0.4 is 5.32 Å². The molecule has 2 rings (SSSR count). The highest BCUT2D eigenvalue weighted by molar-refractivity contribution is 5.92. The monoisotopic (exact) mass is 280 g/mol. The highest BCUT2D eigenvalue weighted by Crippen LogP contribution is 2.39. The van der Waals surface area contributed by atoms with E-state index in [-0.39, 0.29) is 18.3 Å². The maximum Gasteiger partial charge on any atom is 0.290 e. The largest absolute Gasteiger partial charge is 0.394 e. The first kappa shape index (κ1) is 15.0. The zero-order chi connectivity index (χ0) is 14.8. The summed E-state index contributed by atoms with van der Waals surface area (Å²) >= 11 is 0. The zero-order valence-electron chi connectivity index (χ0n) is 12.5. The first-order valence-corrected chi connectivity index (χ1v) is 7.44. The molecule has 0 aliphatic heterocycles.